The molecule has 4 nitrogen and oxygen atoms in total. The highest BCUT2D eigenvalue weighted by Gasteiger charge is 2.11. The van der Waals surface area contributed by atoms with E-state index in [2.05, 4.69) is 4.98 Å². The molecule has 2 aromatic rings. The first-order valence-electron chi connectivity index (χ1n) is 3.78. The predicted molar refractivity (Wildman–Crippen MR) is 45.7 cm³/mol. The number of ketones is 1. The molecule has 0 fully saturated rings. The van der Waals surface area contributed by atoms with Crippen LogP contribution in [0, 0.1) is 0 Å². The molecule has 2 rings (SSSR count). The van der Waals surface area contributed by atoms with Crippen LogP contribution in [0.25, 0.3) is 11.1 Å². The average molecular weight is 177 g/mol. The molecule has 0 bridgehead atoms. The van der Waals surface area contributed by atoms with Gasteiger partial charge in [-0.15, -0.1) is 0 Å². The Morgan fingerprint density at radius 3 is 2.92 bits per heavy atom. The van der Waals surface area contributed by atoms with Crippen molar-refractivity contribution in [2.24, 2.45) is 0 Å². The average Bonchev–Trinajstić information content (AvgIpc) is 2.49. The van der Waals surface area contributed by atoms with Gasteiger partial charge in [-0.25, -0.2) is 4.98 Å². The molecule has 0 aliphatic heterocycles. The molecular formula is C9H7NO3. The number of benzene rings is 1. The van der Waals surface area contributed by atoms with Gasteiger partial charge in [-0.1, -0.05) is 6.07 Å². The van der Waals surface area contributed by atoms with Gasteiger partial charge >= 0.3 is 0 Å². The van der Waals surface area contributed by atoms with Crippen molar-refractivity contribution in [2.45, 2.75) is 6.92 Å². The van der Waals surface area contributed by atoms with E-state index in [1.54, 1.807) is 12.1 Å². The van der Waals surface area contributed by atoms with E-state index in [4.69, 9.17) is 4.42 Å². The number of carbonyl (C=O) groups excluding carboxylic acids is 1. The van der Waals surface area contributed by atoms with Crippen molar-refractivity contribution in [1.29, 1.82) is 0 Å². The number of carbonyl (C=O) groups is 1. The fourth-order valence-corrected chi connectivity index (χ4v) is 1.08. The van der Waals surface area contributed by atoms with Crippen molar-refractivity contribution in [3.05, 3.63) is 24.1 Å². The molecule has 0 spiro atoms. The summed E-state index contributed by atoms with van der Waals surface area (Å²) in [7, 11) is 0. The Morgan fingerprint density at radius 2 is 2.31 bits per heavy atom. The van der Waals surface area contributed by atoms with Crippen molar-refractivity contribution < 1.29 is 14.3 Å². The minimum Gasteiger partial charge on any atom is -0.506 e. The molecule has 1 aromatic carbocycles. The Morgan fingerprint density at radius 1 is 1.54 bits per heavy atom. The van der Waals surface area contributed by atoms with E-state index in [1.165, 1.54) is 13.0 Å². The number of nitrogens with zero attached hydrogens (tertiary/aromatic N) is 1. The van der Waals surface area contributed by atoms with Crippen LogP contribution in [0.4, 0.5) is 0 Å². The standard InChI is InChI=1S/C9H7NO3/c1-5(11)9-10-8-6(12)3-2-4-7(8)13-9/h2-4,12H,1H3. The molecule has 1 heterocycles. The normalized spacial score (nSPS) is 10.5. The molecule has 0 amide bonds. The summed E-state index contributed by atoms with van der Waals surface area (Å²) >= 11 is 0. The highest BCUT2D eigenvalue weighted by Crippen LogP contribution is 2.24. The molecule has 0 aliphatic rings. The van der Waals surface area contributed by atoms with Crippen LogP contribution in [-0.4, -0.2) is 15.9 Å². The minimum atomic E-state index is -0.254. The molecule has 0 saturated carbocycles. The lowest BCUT2D eigenvalue weighted by molar-refractivity contribution is 0.0983. The van der Waals surface area contributed by atoms with Crippen LogP contribution in [0.3, 0.4) is 0 Å². The summed E-state index contributed by atoms with van der Waals surface area (Å²) in [6.45, 7) is 1.36. The summed E-state index contributed by atoms with van der Waals surface area (Å²) in [5.41, 5.74) is 0.748. The van der Waals surface area contributed by atoms with Gasteiger partial charge in [0.15, 0.2) is 11.1 Å². The fourth-order valence-electron chi connectivity index (χ4n) is 1.08. The van der Waals surface area contributed by atoms with Crippen LogP contribution in [0.2, 0.25) is 0 Å². The highest BCUT2D eigenvalue weighted by molar-refractivity contribution is 5.93. The number of phenols is 1. The van der Waals surface area contributed by atoms with Crippen molar-refractivity contribution in [2.75, 3.05) is 0 Å². The third-order valence-electron chi connectivity index (χ3n) is 1.70. The highest BCUT2D eigenvalue weighted by atomic mass is 16.4. The van der Waals surface area contributed by atoms with Crippen molar-refractivity contribution in [1.82, 2.24) is 4.98 Å². The smallest absolute Gasteiger partial charge is 0.264 e. The second kappa shape index (κ2) is 2.58. The quantitative estimate of drug-likeness (QED) is 0.674. The topological polar surface area (TPSA) is 63.3 Å². The molecule has 4 heteroatoms. The Labute approximate surface area is 73.8 Å². The number of hydrogen-bond acceptors (Lipinski definition) is 4. The summed E-state index contributed by atoms with van der Waals surface area (Å²) < 4.78 is 5.09. The number of oxazole rings is 1. The summed E-state index contributed by atoms with van der Waals surface area (Å²) in [4.78, 5) is 14.7. The number of rotatable bonds is 1. The Balaban J connectivity index is 2.75. The predicted octanol–water partition coefficient (Wildman–Crippen LogP) is 1.74. The Bertz CT molecular complexity index is 473. The van der Waals surface area contributed by atoms with E-state index in [-0.39, 0.29) is 17.4 Å². The largest absolute Gasteiger partial charge is 0.506 e. The summed E-state index contributed by atoms with van der Waals surface area (Å²) in [6, 6.07) is 4.77. The molecule has 1 aromatic heterocycles. The number of hydrogen-bond donors (Lipinski definition) is 1. The first kappa shape index (κ1) is 7.79. The summed E-state index contributed by atoms with van der Waals surface area (Å²) in [6.07, 6.45) is 0. The summed E-state index contributed by atoms with van der Waals surface area (Å²) in [5, 5.41) is 9.33. The van der Waals surface area contributed by atoms with Crippen LogP contribution in [0.5, 0.6) is 5.75 Å². The molecular weight excluding hydrogens is 170 g/mol. The van der Waals surface area contributed by atoms with Crippen molar-refractivity contribution in [3.8, 4) is 5.75 Å². The lowest BCUT2D eigenvalue weighted by Crippen LogP contribution is -1.89. The molecule has 0 atom stereocenters. The van der Waals surface area contributed by atoms with Crippen LogP contribution in [-0.2, 0) is 0 Å². The summed E-state index contributed by atoms with van der Waals surface area (Å²) in [5.74, 6) is -0.208. The Kier molecular flexibility index (Phi) is 1.55. The molecule has 0 saturated heterocycles. The van der Waals surface area contributed by atoms with E-state index in [9.17, 15) is 9.90 Å². The van der Waals surface area contributed by atoms with Gasteiger partial charge in [0.25, 0.3) is 5.89 Å². The molecule has 0 radical (unpaired) electrons. The van der Waals surface area contributed by atoms with Crippen LogP contribution >= 0.6 is 0 Å². The van der Waals surface area contributed by atoms with Gasteiger partial charge in [-0.3, -0.25) is 4.79 Å². The zero-order valence-electron chi connectivity index (χ0n) is 6.94. The second-order valence-corrected chi connectivity index (χ2v) is 2.70. The lowest BCUT2D eigenvalue weighted by Gasteiger charge is -1.87. The van der Waals surface area contributed by atoms with Gasteiger partial charge in [-0.05, 0) is 12.1 Å². The maximum Gasteiger partial charge on any atom is 0.264 e. The van der Waals surface area contributed by atoms with Crippen molar-refractivity contribution >= 4 is 16.9 Å². The monoisotopic (exact) mass is 177 g/mol. The van der Waals surface area contributed by atoms with Gasteiger partial charge in [0.2, 0.25) is 5.78 Å². The minimum absolute atomic E-state index is 0.0220. The fraction of sp³-hybridized carbons (Fsp3) is 0.111. The van der Waals surface area contributed by atoms with E-state index < -0.39 is 0 Å². The van der Waals surface area contributed by atoms with E-state index >= 15 is 0 Å². The third kappa shape index (κ3) is 1.16. The zero-order chi connectivity index (χ0) is 9.42. The van der Waals surface area contributed by atoms with Crippen LogP contribution in [0.1, 0.15) is 17.6 Å². The lowest BCUT2D eigenvalue weighted by atomic mass is 10.3. The Hall–Kier alpha value is -1.84. The second-order valence-electron chi connectivity index (χ2n) is 2.70. The number of fused-ring (bicyclic) bond motifs is 1. The van der Waals surface area contributed by atoms with Gasteiger partial charge in [-0.2, -0.15) is 0 Å². The van der Waals surface area contributed by atoms with E-state index in [1.807, 2.05) is 0 Å². The number of para-hydroxylation sites is 1. The zero-order valence-corrected chi connectivity index (χ0v) is 6.94. The van der Waals surface area contributed by atoms with Gasteiger partial charge in [0, 0.05) is 6.92 Å². The molecule has 66 valence electrons. The molecule has 0 unspecified atom stereocenters. The number of phenolic OH excluding ortho intramolecular Hbond substituents is 1. The number of aromatic hydroxyl groups is 1. The van der Waals surface area contributed by atoms with E-state index in [0.717, 1.165) is 0 Å². The third-order valence-corrected chi connectivity index (χ3v) is 1.70. The maximum absolute atomic E-state index is 10.9. The van der Waals surface area contributed by atoms with E-state index in [0.29, 0.717) is 11.1 Å². The molecule has 1 N–H and O–H groups in total. The van der Waals surface area contributed by atoms with Gasteiger partial charge < -0.3 is 9.52 Å². The first-order chi connectivity index (χ1) is 6.18. The number of Topliss-reactive ketones (excluding diaryl/α,β-unsaturated/α-hetero) is 1. The number of aromatic nitrogens is 1. The van der Waals surface area contributed by atoms with Gasteiger partial charge in [0.1, 0.15) is 5.75 Å². The SMILES string of the molecule is CC(=O)c1nc2c(O)cccc2o1. The van der Waals surface area contributed by atoms with Crippen molar-refractivity contribution in [3.63, 3.8) is 0 Å². The molecule has 0 aliphatic carbocycles. The van der Waals surface area contributed by atoms with Crippen LogP contribution < -0.4 is 0 Å². The van der Waals surface area contributed by atoms with Gasteiger partial charge in [0.05, 0.1) is 0 Å². The maximum atomic E-state index is 10.9. The first-order valence-corrected chi connectivity index (χ1v) is 3.78. The van der Waals surface area contributed by atoms with Crippen LogP contribution in [0.15, 0.2) is 22.6 Å². The molecule has 13 heavy (non-hydrogen) atoms.